The van der Waals surface area contributed by atoms with Crippen molar-refractivity contribution in [2.45, 2.75) is 26.8 Å². The van der Waals surface area contributed by atoms with E-state index in [0.717, 1.165) is 16.8 Å². The number of benzene rings is 2. The van der Waals surface area contributed by atoms with Crippen LogP contribution in [0.2, 0.25) is 0 Å². The predicted molar refractivity (Wildman–Crippen MR) is 135 cm³/mol. The van der Waals surface area contributed by atoms with Gasteiger partial charge in [-0.1, -0.05) is 12.1 Å². The third-order valence-electron chi connectivity index (χ3n) is 5.93. The highest BCUT2D eigenvalue weighted by Crippen LogP contribution is 2.35. The molecule has 3 aromatic rings. The molecule has 180 valence electrons. The number of aromatic amines is 1. The van der Waals surface area contributed by atoms with Crippen molar-refractivity contribution < 1.29 is 18.8 Å². The minimum Gasteiger partial charge on any atom is -0.357 e. The molecule has 3 amide bonds. The Kier molecular flexibility index (Phi) is 6.75. The largest absolute Gasteiger partial charge is 0.357 e. The van der Waals surface area contributed by atoms with Gasteiger partial charge in [0, 0.05) is 28.2 Å². The highest BCUT2D eigenvalue weighted by molar-refractivity contribution is 6.35. The quantitative estimate of drug-likeness (QED) is 0.288. The molecule has 0 saturated heterocycles. The van der Waals surface area contributed by atoms with Crippen molar-refractivity contribution in [3.05, 3.63) is 81.9 Å². The molecule has 0 aliphatic carbocycles. The number of nitrogens with one attached hydrogen (secondary N) is 4. The van der Waals surface area contributed by atoms with Crippen LogP contribution in [0.15, 0.2) is 42.5 Å². The third kappa shape index (κ3) is 4.97. The maximum atomic E-state index is 13.2. The topological polar surface area (TPSA) is 103 Å². The lowest BCUT2D eigenvalue weighted by molar-refractivity contribution is -0.114. The second-order valence-corrected chi connectivity index (χ2v) is 8.63. The number of carbonyl (C=O) groups is 3. The van der Waals surface area contributed by atoms with E-state index >= 15 is 0 Å². The third-order valence-corrected chi connectivity index (χ3v) is 6.18. The zero-order valence-electron chi connectivity index (χ0n) is 19.4. The molecule has 0 bridgehead atoms. The van der Waals surface area contributed by atoms with E-state index in [4.69, 9.17) is 11.6 Å². The highest BCUT2D eigenvalue weighted by atomic mass is 35.5. The fraction of sp³-hybridized carbons (Fsp3) is 0.192. The standard InChI is InChI=1S/C26H24ClFN4O3/c1-13-22(29-15(3)24(13)32-23(33)12-27)11-20-19-10-17(6-9-21(19)31-26(20)35)25(34)30-14(2)16-4-7-18(28)8-5-16/h4-11,14,29H,12H2,1-3H3,(H,30,34)(H,31,35)(H,32,33)/t14-/m1/s1. The number of alkyl halides is 1. The first-order chi connectivity index (χ1) is 16.7. The van der Waals surface area contributed by atoms with Crippen LogP contribution in [-0.2, 0) is 9.59 Å². The summed E-state index contributed by atoms with van der Waals surface area (Å²) < 4.78 is 13.2. The van der Waals surface area contributed by atoms with Crippen molar-refractivity contribution in [1.82, 2.24) is 10.3 Å². The summed E-state index contributed by atoms with van der Waals surface area (Å²) in [6.07, 6.45) is 1.70. The summed E-state index contributed by atoms with van der Waals surface area (Å²) >= 11 is 5.60. The number of hydrogen-bond acceptors (Lipinski definition) is 3. The second-order valence-electron chi connectivity index (χ2n) is 8.36. The van der Waals surface area contributed by atoms with Gasteiger partial charge in [-0.15, -0.1) is 11.6 Å². The van der Waals surface area contributed by atoms with Gasteiger partial charge in [-0.2, -0.15) is 0 Å². The van der Waals surface area contributed by atoms with Crippen molar-refractivity contribution in [3.63, 3.8) is 0 Å². The zero-order valence-corrected chi connectivity index (χ0v) is 20.1. The molecule has 0 fully saturated rings. The molecule has 0 saturated carbocycles. The van der Waals surface area contributed by atoms with Gasteiger partial charge >= 0.3 is 0 Å². The van der Waals surface area contributed by atoms with Gasteiger partial charge in [-0.3, -0.25) is 14.4 Å². The minimum absolute atomic E-state index is 0.166. The Hall–Kier alpha value is -3.91. The predicted octanol–water partition coefficient (Wildman–Crippen LogP) is 4.93. The van der Waals surface area contributed by atoms with Crippen LogP contribution in [0.5, 0.6) is 0 Å². The Labute approximate surface area is 206 Å². The first-order valence-corrected chi connectivity index (χ1v) is 11.5. The first kappa shape index (κ1) is 24.2. The Balaban J connectivity index is 1.61. The van der Waals surface area contributed by atoms with Gasteiger partial charge in [-0.25, -0.2) is 4.39 Å². The number of halogens is 2. The minimum atomic E-state index is -0.344. The summed E-state index contributed by atoms with van der Waals surface area (Å²) in [7, 11) is 0. The SMILES string of the molecule is Cc1[nH]c(C=C2C(=O)Nc3ccc(C(=O)N[C@H](C)c4ccc(F)cc4)cc32)c(C)c1NC(=O)CCl. The van der Waals surface area contributed by atoms with Gasteiger partial charge in [0.05, 0.1) is 17.3 Å². The van der Waals surface area contributed by atoms with Gasteiger partial charge in [0.2, 0.25) is 5.91 Å². The summed E-state index contributed by atoms with van der Waals surface area (Å²) in [5.41, 5.74) is 5.50. The summed E-state index contributed by atoms with van der Waals surface area (Å²) in [5, 5.41) is 8.47. The Bertz CT molecular complexity index is 1360. The van der Waals surface area contributed by atoms with Crippen LogP contribution >= 0.6 is 11.6 Å². The van der Waals surface area contributed by atoms with E-state index in [1.807, 2.05) is 20.8 Å². The van der Waals surface area contributed by atoms with Gasteiger partial charge in [-0.05, 0) is 68.3 Å². The van der Waals surface area contributed by atoms with Crippen molar-refractivity contribution in [2.24, 2.45) is 0 Å². The molecule has 0 spiro atoms. The molecule has 7 nitrogen and oxygen atoms in total. The lowest BCUT2D eigenvalue weighted by Crippen LogP contribution is -2.26. The smallest absolute Gasteiger partial charge is 0.256 e. The van der Waals surface area contributed by atoms with Crippen LogP contribution in [0.3, 0.4) is 0 Å². The molecule has 9 heteroatoms. The molecular weight excluding hydrogens is 471 g/mol. The van der Waals surface area contributed by atoms with Gasteiger partial charge in [0.15, 0.2) is 0 Å². The van der Waals surface area contributed by atoms with E-state index in [1.54, 1.807) is 36.4 Å². The summed E-state index contributed by atoms with van der Waals surface area (Å²) in [4.78, 5) is 40.6. The van der Waals surface area contributed by atoms with Crippen LogP contribution in [0.1, 0.15) is 51.4 Å². The molecule has 4 N–H and O–H groups in total. The molecule has 1 aliphatic rings. The van der Waals surface area contributed by atoms with Crippen LogP contribution in [0.25, 0.3) is 11.6 Å². The van der Waals surface area contributed by atoms with Crippen molar-refractivity contribution in [2.75, 3.05) is 16.5 Å². The first-order valence-electron chi connectivity index (χ1n) is 11.0. The molecular formula is C26H24ClFN4O3. The number of amides is 3. The monoisotopic (exact) mass is 494 g/mol. The van der Waals surface area contributed by atoms with Crippen LogP contribution in [-0.4, -0.2) is 28.6 Å². The van der Waals surface area contributed by atoms with Crippen molar-refractivity contribution in [3.8, 4) is 0 Å². The van der Waals surface area contributed by atoms with E-state index in [1.165, 1.54) is 12.1 Å². The van der Waals surface area contributed by atoms with Crippen LogP contribution in [0.4, 0.5) is 15.8 Å². The Morgan fingerprint density at radius 2 is 1.86 bits per heavy atom. The lowest BCUT2D eigenvalue weighted by Gasteiger charge is -2.15. The van der Waals surface area contributed by atoms with Crippen molar-refractivity contribution >= 4 is 52.3 Å². The average Bonchev–Trinajstić information content (AvgIpc) is 3.29. The van der Waals surface area contributed by atoms with E-state index < -0.39 is 0 Å². The number of aromatic nitrogens is 1. The van der Waals surface area contributed by atoms with Gasteiger partial charge in [0.1, 0.15) is 11.7 Å². The number of carbonyl (C=O) groups excluding carboxylic acids is 3. The van der Waals surface area contributed by atoms with Crippen molar-refractivity contribution in [1.29, 1.82) is 0 Å². The maximum absolute atomic E-state index is 13.2. The lowest BCUT2D eigenvalue weighted by atomic mass is 10.0. The number of fused-ring (bicyclic) bond motifs is 1. The summed E-state index contributed by atoms with van der Waals surface area (Å²) in [6, 6.07) is 10.6. The van der Waals surface area contributed by atoms with Crippen LogP contribution in [0, 0.1) is 19.7 Å². The maximum Gasteiger partial charge on any atom is 0.256 e. The number of rotatable bonds is 6. The molecule has 1 aliphatic heterocycles. The van der Waals surface area contributed by atoms with E-state index in [0.29, 0.717) is 33.8 Å². The molecule has 1 atom stereocenters. The molecule has 0 unspecified atom stereocenters. The van der Waals surface area contributed by atoms with E-state index in [-0.39, 0.29) is 35.5 Å². The normalized spacial score (nSPS) is 14.4. The summed E-state index contributed by atoms with van der Waals surface area (Å²) in [5.74, 6) is -1.45. The summed E-state index contributed by atoms with van der Waals surface area (Å²) in [6.45, 7) is 5.45. The highest BCUT2D eigenvalue weighted by Gasteiger charge is 2.26. The fourth-order valence-electron chi connectivity index (χ4n) is 4.01. The zero-order chi connectivity index (χ0) is 25.3. The molecule has 2 heterocycles. The molecule has 35 heavy (non-hydrogen) atoms. The molecule has 1 aromatic heterocycles. The molecule has 2 aromatic carbocycles. The fourth-order valence-corrected chi connectivity index (χ4v) is 4.08. The van der Waals surface area contributed by atoms with Gasteiger partial charge in [0.25, 0.3) is 11.8 Å². The van der Waals surface area contributed by atoms with E-state index in [2.05, 4.69) is 20.9 Å². The Morgan fingerprint density at radius 1 is 1.14 bits per heavy atom. The molecule has 0 radical (unpaired) electrons. The number of H-pyrrole nitrogens is 1. The number of hydrogen-bond donors (Lipinski definition) is 4. The van der Waals surface area contributed by atoms with Gasteiger partial charge < -0.3 is 20.9 Å². The molecule has 4 rings (SSSR count). The van der Waals surface area contributed by atoms with Crippen LogP contribution < -0.4 is 16.0 Å². The second kappa shape index (κ2) is 9.76. The average molecular weight is 495 g/mol. The Morgan fingerprint density at radius 3 is 2.54 bits per heavy atom. The number of aryl methyl sites for hydroxylation is 1. The number of anilines is 2. The van der Waals surface area contributed by atoms with E-state index in [9.17, 15) is 18.8 Å².